The molecule has 0 bridgehead atoms. The molecule has 0 saturated carbocycles. The second-order valence-electron chi connectivity index (χ2n) is 7.34. The SMILES string of the molecule is Cc1cn[nH]c1-c1cccc(C(C)(C)c2cccc(-c3ccc(F)nc3F)n2)n1. The highest BCUT2D eigenvalue weighted by molar-refractivity contribution is 5.60. The maximum absolute atomic E-state index is 14.1. The van der Waals surface area contributed by atoms with Crippen molar-refractivity contribution >= 4 is 0 Å². The summed E-state index contributed by atoms with van der Waals surface area (Å²) >= 11 is 0. The van der Waals surface area contributed by atoms with Gasteiger partial charge in [0, 0.05) is 5.41 Å². The van der Waals surface area contributed by atoms with Gasteiger partial charge >= 0.3 is 0 Å². The highest BCUT2D eigenvalue weighted by atomic mass is 19.1. The first-order chi connectivity index (χ1) is 13.9. The molecule has 0 fully saturated rings. The number of aromatic amines is 1. The molecule has 146 valence electrons. The van der Waals surface area contributed by atoms with Gasteiger partial charge in [0.1, 0.15) is 0 Å². The molecule has 4 heterocycles. The van der Waals surface area contributed by atoms with Crippen molar-refractivity contribution in [2.24, 2.45) is 0 Å². The molecule has 4 aromatic heterocycles. The maximum atomic E-state index is 14.1. The molecule has 4 rings (SSSR count). The summed E-state index contributed by atoms with van der Waals surface area (Å²) in [6, 6.07) is 13.6. The van der Waals surface area contributed by atoms with Crippen LogP contribution in [-0.2, 0) is 5.41 Å². The van der Waals surface area contributed by atoms with E-state index < -0.39 is 17.3 Å². The van der Waals surface area contributed by atoms with Crippen molar-refractivity contribution in [1.82, 2.24) is 25.1 Å². The predicted molar refractivity (Wildman–Crippen MR) is 106 cm³/mol. The lowest BCUT2D eigenvalue weighted by Gasteiger charge is -2.24. The number of pyridine rings is 3. The number of hydrogen-bond acceptors (Lipinski definition) is 4. The van der Waals surface area contributed by atoms with Gasteiger partial charge in [-0.1, -0.05) is 12.1 Å². The van der Waals surface area contributed by atoms with Crippen molar-refractivity contribution in [3.8, 4) is 22.6 Å². The van der Waals surface area contributed by atoms with E-state index in [1.54, 1.807) is 18.3 Å². The van der Waals surface area contributed by atoms with Gasteiger partial charge in [0.05, 0.1) is 40.2 Å². The molecule has 0 atom stereocenters. The van der Waals surface area contributed by atoms with Crippen LogP contribution in [0, 0.1) is 18.8 Å². The Hall–Kier alpha value is -3.48. The van der Waals surface area contributed by atoms with Crippen molar-refractivity contribution in [2.45, 2.75) is 26.2 Å². The van der Waals surface area contributed by atoms with Gasteiger partial charge in [-0.05, 0) is 62.7 Å². The Bertz CT molecular complexity index is 1180. The molecule has 0 spiro atoms. The number of aromatic nitrogens is 5. The van der Waals surface area contributed by atoms with Gasteiger partial charge < -0.3 is 0 Å². The molecule has 4 aromatic rings. The molecule has 29 heavy (non-hydrogen) atoms. The molecule has 0 aliphatic carbocycles. The maximum Gasteiger partial charge on any atom is 0.224 e. The fourth-order valence-corrected chi connectivity index (χ4v) is 3.19. The minimum absolute atomic E-state index is 0.152. The number of aryl methyl sites for hydroxylation is 1. The monoisotopic (exact) mass is 391 g/mol. The number of nitrogens with one attached hydrogen (secondary N) is 1. The van der Waals surface area contributed by atoms with E-state index in [0.29, 0.717) is 11.4 Å². The molecule has 0 amide bonds. The first-order valence-electron chi connectivity index (χ1n) is 9.14. The summed E-state index contributed by atoms with van der Waals surface area (Å²) in [5, 5.41) is 7.04. The Kier molecular flexibility index (Phi) is 4.66. The summed E-state index contributed by atoms with van der Waals surface area (Å²) in [5.74, 6) is -1.75. The zero-order chi connectivity index (χ0) is 20.6. The zero-order valence-corrected chi connectivity index (χ0v) is 16.2. The van der Waals surface area contributed by atoms with Crippen molar-refractivity contribution in [3.63, 3.8) is 0 Å². The summed E-state index contributed by atoms with van der Waals surface area (Å²) in [6.45, 7) is 5.98. The van der Waals surface area contributed by atoms with E-state index in [-0.39, 0.29) is 5.56 Å². The van der Waals surface area contributed by atoms with Crippen LogP contribution in [0.15, 0.2) is 54.7 Å². The van der Waals surface area contributed by atoms with Crippen LogP contribution in [0.3, 0.4) is 0 Å². The van der Waals surface area contributed by atoms with Crippen LogP contribution < -0.4 is 0 Å². The normalized spacial score (nSPS) is 11.6. The van der Waals surface area contributed by atoms with Gasteiger partial charge in [-0.3, -0.25) is 15.1 Å². The third kappa shape index (κ3) is 3.51. The highest BCUT2D eigenvalue weighted by Gasteiger charge is 2.27. The lowest BCUT2D eigenvalue weighted by molar-refractivity contribution is 0.514. The molecular formula is C22H19F2N5. The molecule has 0 aromatic carbocycles. The summed E-state index contributed by atoms with van der Waals surface area (Å²) < 4.78 is 27.3. The van der Waals surface area contributed by atoms with Gasteiger partial charge in [-0.2, -0.15) is 18.9 Å². The largest absolute Gasteiger partial charge is 0.276 e. The smallest absolute Gasteiger partial charge is 0.224 e. The first kappa shape index (κ1) is 18.9. The van der Waals surface area contributed by atoms with E-state index in [9.17, 15) is 8.78 Å². The summed E-state index contributed by atoms with van der Waals surface area (Å²) in [7, 11) is 0. The van der Waals surface area contributed by atoms with E-state index >= 15 is 0 Å². The van der Waals surface area contributed by atoms with E-state index in [0.717, 1.165) is 28.7 Å². The van der Waals surface area contributed by atoms with Crippen LogP contribution in [-0.4, -0.2) is 25.1 Å². The first-order valence-corrected chi connectivity index (χ1v) is 9.14. The molecule has 0 aliphatic rings. The average molecular weight is 391 g/mol. The molecule has 1 N–H and O–H groups in total. The van der Waals surface area contributed by atoms with Crippen molar-refractivity contribution in [2.75, 3.05) is 0 Å². The fourth-order valence-electron chi connectivity index (χ4n) is 3.19. The molecule has 0 saturated heterocycles. The van der Waals surface area contributed by atoms with E-state index in [1.165, 1.54) is 6.07 Å². The average Bonchev–Trinajstić information content (AvgIpc) is 3.14. The standard InChI is InChI=1S/C22H19F2N5/c1-13-12-25-29-20(13)16-7-5-9-18(27-16)22(2,3)17-8-4-6-15(26-17)14-10-11-19(23)28-21(14)24/h4-12H,1-3H3,(H,25,29). The van der Waals surface area contributed by atoms with Crippen molar-refractivity contribution in [1.29, 1.82) is 0 Å². The lowest BCUT2D eigenvalue weighted by atomic mass is 9.84. The molecule has 0 aliphatic heterocycles. The van der Waals surface area contributed by atoms with E-state index in [4.69, 9.17) is 4.98 Å². The number of halogens is 2. The summed E-state index contributed by atoms with van der Waals surface area (Å²) in [4.78, 5) is 12.7. The minimum atomic E-state index is -0.887. The summed E-state index contributed by atoms with van der Waals surface area (Å²) in [5.41, 5.74) is 4.17. The topological polar surface area (TPSA) is 67.3 Å². The van der Waals surface area contributed by atoms with Crippen LogP contribution in [0.1, 0.15) is 30.8 Å². The minimum Gasteiger partial charge on any atom is -0.276 e. The van der Waals surface area contributed by atoms with E-state index in [2.05, 4.69) is 20.2 Å². The quantitative estimate of drug-likeness (QED) is 0.506. The third-order valence-corrected chi connectivity index (χ3v) is 4.95. The number of nitrogens with zero attached hydrogens (tertiary/aromatic N) is 4. The van der Waals surface area contributed by atoms with Gasteiger partial charge in [-0.25, -0.2) is 0 Å². The van der Waals surface area contributed by atoms with Crippen LogP contribution in [0.5, 0.6) is 0 Å². The Morgan fingerprint density at radius 2 is 1.48 bits per heavy atom. The molecular weight excluding hydrogens is 372 g/mol. The van der Waals surface area contributed by atoms with Gasteiger partial charge in [0.2, 0.25) is 11.9 Å². The second kappa shape index (κ2) is 7.16. The Morgan fingerprint density at radius 1 is 0.828 bits per heavy atom. The molecule has 0 unspecified atom stereocenters. The fraction of sp³-hybridized carbons (Fsp3) is 0.182. The Labute approximate surface area is 166 Å². The third-order valence-electron chi connectivity index (χ3n) is 4.95. The summed E-state index contributed by atoms with van der Waals surface area (Å²) in [6.07, 6.45) is 1.76. The number of H-pyrrole nitrogens is 1. The molecule has 5 nitrogen and oxygen atoms in total. The van der Waals surface area contributed by atoms with Crippen LogP contribution >= 0.6 is 0 Å². The Balaban J connectivity index is 1.76. The molecule has 0 radical (unpaired) electrons. The van der Waals surface area contributed by atoms with Crippen LogP contribution in [0.2, 0.25) is 0 Å². The van der Waals surface area contributed by atoms with Crippen LogP contribution in [0.25, 0.3) is 22.6 Å². The van der Waals surface area contributed by atoms with Gasteiger partial charge in [0.15, 0.2) is 0 Å². The van der Waals surface area contributed by atoms with Gasteiger partial charge in [-0.15, -0.1) is 0 Å². The van der Waals surface area contributed by atoms with Crippen LogP contribution in [0.4, 0.5) is 8.78 Å². The lowest BCUT2D eigenvalue weighted by Crippen LogP contribution is -2.22. The van der Waals surface area contributed by atoms with Crippen molar-refractivity contribution < 1.29 is 8.78 Å². The van der Waals surface area contributed by atoms with Crippen molar-refractivity contribution in [3.05, 3.63) is 83.6 Å². The van der Waals surface area contributed by atoms with Gasteiger partial charge in [0.25, 0.3) is 0 Å². The van der Waals surface area contributed by atoms with E-state index in [1.807, 2.05) is 45.0 Å². The highest BCUT2D eigenvalue weighted by Crippen LogP contribution is 2.32. The Morgan fingerprint density at radius 3 is 2.10 bits per heavy atom. The second-order valence-corrected chi connectivity index (χ2v) is 7.34. The predicted octanol–water partition coefficient (Wildman–Crippen LogP) is 4.84. The molecule has 7 heteroatoms. The zero-order valence-electron chi connectivity index (χ0n) is 16.2. The number of rotatable bonds is 4. The number of hydrogen-bond donors (Lipinski definition) is 1.